The summed E-state index contributed by atoms with van der Waals surface area (Å²) in [6.45, 7) is 1.83. The summed E-state index contributed by atoms with van der Waals surface area (Å²) >= 11 is 4.97. The van der Waals surface area contributed by atoms with E-state index >= 15 is 0 Å². The molecule has 0 amide bonds. The van der Waals surface area contributed by atoms with E-state index in [9.17, 15) is 35.4 Å². The van der Waals surface area contributed by atoms with Crippen molar-refractivity contribution in [2.45, 2.75) is 113 Å². The van der Waals surface area contributed by atoms with Gasteiger partial charge in [-0.2, -0.15) is 5.10 Å². The first kappa shape index (κ1) is 32.2. The van der Waals surface area contributed by atoms with Crippen molar-refractivity contribution in [3.63, 3.8) is 0 Å². The van der Waals surface area contributed by atoms with E-state index in [4.69, 9.17) is 32.2 Å². The van der Waals surface area contributed by atoms with Gasteiger partial charge in [0.1, 0.15) is 31.0 Å². The molecule has 0 unspecified atom stereocenters. The SMILES string of the molecule is C[C@]12CC[C@H]3[C@@H](CC[C@]4(O)C[C@@H](O[C@H]5O[C@H](CO)[C@@H](O)[C@H](O)[C@H]5O)CC[C@]34/C=N/NC(N)=S)[C@@]1(O)CC[C@@H]2C1=CC(=O)OC1. The minimum absolute atomic E-state index is 0.0109. The molecule has 2 aliphatic heterocycles. The third-order valence-corrected chi connectivity index (χ3v) is 12.4. The van der Waals surface area contributed by atoms with Gasteiger partial charge < -0.3 is 50.6 Å². The van der Waals surface area contributed by atoms with Crippen molar-refractivity contribution in [3.8, 4) is 0 Å². The number of thiocarbonyl (C=S) groups is 1. The second kappa shape index (κ2) is 11.5. The molecule has 0 spiro atoms. The van der Waals surface area contributed by atoms with Crippen molar-refractivity contribution in [1.29, 1.82) is 0 Å². The van der Waals surface area contributed by atoms with E-state index in [0.717, 1.165) is 18.4 Å². The Labute approximate surface area is 261 Å². The smallest absolute Gasteiger partial charge is 0.331 e. The molecule has 246 valence electrons. The number of nitrogens with zero attached hydrogens (tertiary/aromatic N) is 1. The monoisotopic (exact) mass is 639 g/mol. The van der Waals surface area contributed by atoms with Crippen molar-refractivity contribution in [2.24, 2.45) is 39.4 Å². The predicted molar refractivity (Wildman–Crippen MR) is 159 cm³/mol. The zero-order chi connectivity index (χ0) is 31.7. The number of aliphatic hydroxyl groups is 6. The molecule has 13 nitrogen and oxygen atoms in total. The van der Waals surface area contributed by atoms with Gasteiger partial charge >= 0.3 is 5.97 Å². The molecule has 4 aliphatic carbocycles. The highest BCUT2D eigenvalue weighted by Crippen LogP contribution is 2.70. The first-order chi connectivity index (χ1) is 20.8. The molecular weight excluding hydrogens is 594 g/mol. The number of aliphatic hydroxyl groups excluding tert-OH is 4. The van der Waals surface area contributed by atoms with E-state index in [2.05, 4.69) is 17.5 Å². The summed E-state index contributed by atoms with van der Waals surface area (Å²) in [5.74, 6) is -0.564. The number of nitrogens with one attached hydrogen (secondary N) is 1. The highest BCUT2D eigenvalue weighted by molar-refractivity contribution is 7.80. The van der Waals surface area contributed by atoms with E-state index < -0.39 is 65.4 Å². The van der Waals surface area contributed by atoms with Crippen LogP contribution in [0.5, 0.6) is 0 Å². The van der Waals surface area contributed by atoms with Crippen LogP contribution in [0.4, 0.5) is 0 Å². The maximum absolute atomic E-state index is 12.6. The molecule has 0 aromatic heterocycles. The summed E-state index contributed by atoms with van der Waals surface area (Å²) in [5, 5.41) is 70.0. The quantitative estimate of drug-likeness (QED) is 0.0596. The fourth-order valence-electron chi connectivity index (χ4n) is 10.0. The predicted octanol–water partition coefficient (Wildman–Crippen LogP) is -0.657. The molecule has 0 aromatic rings. The maximum atomic E-state index is 12.6. The molecular formula is C30H45N3O10S. The van der Waals surface area contributed by atoms with E-state index in [-0.39, 0.29) is 41.9 Å². The van der Waals surface area contributed by atoms with Gasteiger partial charge in [-0.05, 0) is 86.9 Å². The summed E-state index contributed by atoms with van der Waals surface area (Å²) in [6.07, 6.45) is 0.466. The summed E-state index contributed by atoms with van der Waals surface area (Å²) in [4.78, 5) is 11.9. The van der Waals surface area contributed by atoms with Crippen LogP contribution < -0.4 is 11.2 Å². The van der Waals surface area contributed by atoms with Gasteiger partial charge in [-0.3, -0.25) is 5.43 Å². The number of carbonyl (C=O) groups excluding carboxylic acids is 1. The Morgan fingerprint density at radius 1 is 1.11 bits per heavy atom. The number of esters is 1. The van der Waals surface area contributed by atoms with Crippen molar-refractivity contribution >= 4 is 29.5 Å². The lowest BCUT2D eigenvalue weighted by atomic mass is 9.41. The summed E-state index contributed by atoms with van der Waals surface area (Å²) in [5.41, 5.74) is 5.62. The minimum Gasteiger partial charge on any atom is -0.458 e. The van der Waals surface area contributed by atoms with Crippen LogP contribution in [0.3, 0.4) is 0 Å². The van der Waals surface area contributed by atoms with Gasteiger partial charge in [0.25, 0.3) is 0 Å². The highest BCUT2D eigenvalue weighted by atomic mass is 32.1. The molecule has 2 heterocycles. The molecule has 13 atom stereocenters. The fraction of sp³-hybridized carbons (Fsp3) is 0.833. The van der Waals surface area contributed by atoms with Crippen molar-refractivity contribution in [1.82, 2.24) is 5.43 Å². The zero-order valence-corrected chi connectivity index (χ0v) is 25.7. The van der Waals surface area contributed by atoms with Crippen LogP contribution in [0.1, 0.15) is 64.7 Å². The third-order valence-electron chi connectivity index (χ3n) is 12.3. The van der Waals surface area contributed by atoms with Gasteiger partial charge in [0.2, 0.25) is 0 Å². The number of fused-ring (bicyclic) bond motifs is 5. The molecule has 6 rings (SSSR count). The standard InChI is InChI=1S/C30H45N3O10S/c1-27-6-3-18-19(30(27,40)9-5-17(27)15-10-21(35)41-13-15)4-8-29(39)11-16(2-7-28(18,29)14-32-33-26(31)44)42-25-24(38)23(37)22(36)20(12-34)43-25/h10,14,16-20,22-25,34,36-40H,2-9,11-13H2,1H3,(H3,31,33,44)/b32-14+/t16-,17+,18-,19+,20+,22+,23-,24+,25-,27+,28-,29-,30-/m0/s1. The number of hydrogen-bond acceptors (Lipinski definition) is 12. The first-order valence-corrected chi connectivity index (χ1v) is 16.1. The molecule has 1 saturated heterocycles. The Hall–Kier alpha value is -1.75. The maximum Gasteiger partial charge on any atom is 0.331 e. The second-order valence-electron chi connectivity index (χ2n) is 14.1. The normalized spacial score (nSPS) is 50.4. The summed E-state index contributed by atoms with van der Waals surface area (Å²) < 4.78 is 16.9. The Morgan fingerprint density at radius 3 is 2.55 bits per heavy atom. The van der Waals surface area contributed by atoms with E-state index in [1.807, 2.05) is 0 Å². The first-order valence-electron chi connectivity index (χ1n) is 15.7. The van der Waals surface area contributed by atoms with Crippen LogP contribution in [-0.4, -0.2) is 109 Å². The second-order valence-corrected chi connectivity index (χ2v) is 14.5. The molecule has 44 heavy (non-hydrogen) atoms. The lowest BCUT2D eigenvalue weighted by molar-refractivity contribution is -0.321. The van der Waals surface area contributed by atoms with Crippen molar-refractivity contribution in [3.05, 3.63) is 11.6 Å². The topological polar surface area (TPSA) is 217 Å². The highest BCUT2D eigenvalue weighted by Gasteiger charge is 2.71. The van der Waals surface area contributed by atoms with Crippen molar-refractivity contribution < 1.29 is 49.6 Å². The van der Waals surface area contributed by atoms with E-state index in [0.29, 0.717) is 38.5 Å². The Balaban J connectivity index is 1.27. The van der Waals surface area contributed by atoms with Gasteiger partial charge in [0.15, 0.2) is 11.4 Å². The zero-order valence-electron chi connectivity index (χ0n) is 24.9. The van der Waals surface area contributed by atoms with Gasteiger partial charge in [0, 0.05) is 29.5 Å². The number of carbonyl (C=O) groups is 1. The van der Waals surface area contributed by atoms with Crippen LogP contribution in [0, 0.1) is 28.6 Å². The molecule has 0 bridgehead atoms. The summed E-state index contributed by atoms with van der Waals surface area (Å²) in [6, 6.07) is 0. The Kier molecular flexibility index (Phi) is 8.41. The van der Waals surface area contributed by atoms with Crippen LogP contribution >= 0.6 is 12.2 Å². The van der Waals surface area contributed by atoms with Gasteiger partial charge in [-0.25, -0.2) is 4.79 Å². The fourth-order valence-corrected chi connectivity index (χ4v) is 10.1. The van der Waals surface area contributed by atoms with Crippen LogP contribution in [0.2, 0.25) is 0 Å². The molecule has 9 N–H and O–H groups in total. The molecule has 4 saturated carbocycles. The number of rotatable bonds is 6. The van der Waals surface area contributed by atoms with E-state index in [1.165, 1.54) is 0 Å². The summed E-state index contributed by atoms with van der Waals surface area (Å²) in [7, 11) is 0. The van der Waals surface area contributed by atoms with Crippen molar-refractivity contribution in [2.75, 3.05) is 13.2 Å². The number of nitrogens with two attached hydrogens (primary N) is 1. The average Bonchev–Trinajstić information content (AvgIpc) is 3.52. The number of cyclic esters (lactones) is 1. The lowest BCUT2D eigenvalue weighted by Gasteiger charge is -2.66. The largest absolute Gasteiger partial charge is 0.458 e. The number of ether oxygens (including phenoxy) is 3. The van der Waals surface area contributed by atoms with E-state index in [1.54, 1.807) is 12.3 Å². The van der Waals surface area contributed by atoms with Gasteiger partial charge in [-0.1, -0.05) is 6.92 Å². The number of hydrogen-bond donors (Lipinski definition) is 8. The minimum atomic E-state index is -1.57. The molecule has 0 radical (unpaired) electrons. The Bertz CT molecular complexity index is 1220. The average molecular weight is 640 g/mol. The third kappa shape index (κ3) is 4.83. The van der Waals surface area contributed by atoms with Crippen LogP contribution in [0.15, 0.2) is 16.8 Å². The Morgan fingerprint density at radius 2 is 1.86 bits per heavy atom. The molecule has 14 heteroatoms. The lowest BCUT2D eigenvalue weighted by Crippen LogP contribution is -2.69. The van der Waals surface area contributed by atoms with Gasteiger partial charge in [-0.15, -0.1) is 0 Å². The van der Waals surface area contributed by atoms with Gasteiger partial charge in [0.05, 0.1) is 23.9 Å². The molecule has 0 aromatic carbocycles. The van der Waals surface area contributed by atoms with Crippen LogP contribution in [-0.2, 0) is 19.0 Å². The van der Waals surface area contributed by atoms with Crippen LogP contribution in [0.25, 0.3) is 0 Å². The molecule has 6 aliphatic rings. The molecule has 5 fully saturated rings. The number of hydrazone groups is 1.